The molecule has 1 heterocycles. The van der Waals surface area contributed by atoms with Crippen LogP contribution < -0.4 is 10.0 Å². The van der Waals surface area contributed by atoms with Crippen LogP contribution >= 0.6 is 27.3 Å². The summed E-state index contributed by atoms with van der Waals surface area (Å²) in [7, 11) is -3.56. The first-order valence-corrected chi connectivity index (χ1v) is 10.00. The zero-order chi connectivity index (χ0) is 17.0. The molecule has 5 nitrogen and oxygen atoms in total. The van der Waals surface area contributed by atoms with Crippen molar-refractivity contribution in [2.75, 3.05) is 11.9 Å². The van der Waals surface area contributed by atoms with Crippen LogP contribution in [0.1, 0.15) is 17.5 Å². The van der Waals surface area contributed by atoms with E-state index in [1.165, 1.54) is 6.07 Å². The zero-order valence-corrected chi connectivity index (χ0v) is 15.9. The Balaban J connectivity index is 1.89. The van der Waals surface area contributed by atoms with E-state index in [-0.39, 0.29) is 23.1 Å². The van der Waals surface area contributed by atoms with Crippen molar-refractivity contribution in [3.05, 3.63) is 45.2 Å². The molecule has 1 aromatic carbocycles. The number of aryl methyl sites for hydroxylation is 1. The SMILES string of the molecule is Cc1cccc(NC(=O)CCNS(=O)(=O)c2ccc(Br)s2)c1C. The summed E-state index contributed by atoms with van der Waals surface area (Å²) >= 11 is 4.35. The lowest BCUT2D eigenvalue weighted by Crippen LogP contribution is -2.27. The van der Waals surface area contributed by atoms with E-state index in [9.17, 15) is 13.2 Å². The van der Waals surface area contributed by atoms with Gasteiger partial charge in [-0.05, 0) is 59.1 Å². The molecule has 2 aromatic rings. The van der Waals surface area contributed by atoms with Crippen LogP contribution in [0.3, 0.4) is 0 Å². The lowest BCUT2D eigenvalue weighted by atomic mass is 10.1. The molecular weight excluding hydrogens is 400 g/mol. The van der Waals surface area contributed by atoms with Gasteiger partial charge in [0.25, 0.3) is 0 Å². The first-order valence-electron chi connectivity index (χ1n) is 6.90. The molecular formula is C15H17BrN2O3S2. The molecule has 2 rings (SSSR count). The predicted octanol–water partition coefficient (Wildman–Crippen LogP) is 3.43. The molecule has 23 heavy (non-hydrogen) atoms. The highest BCUT2D eigenvalue weighted by molar-refractivity contribution is 9.11. The van der Waals surface area contributed by atoms with E-state index in [0.29, 0.717) is 0 Å². The number of benzene rings is 1. The highest BCUT2D eigenvalue weighted by Crippen LogP contribution is 2.25. The first-order chi connectivity index (χ1) is 10.8. The van der Waals surface area contributed by atoms with Gasteiger partial charge < -0.3 is 5.32 Å². The van der Waals surface area contributed by atoms with Crippen molar-refractivity contribution >= 4 is 48.9 Å². The Morgan fingerprint density at radius 1 is 1.22 bits per heavy atom. The van der Waals surface area contributed by atoms with Gasteiger partial charge in [-0.2, -0.15) is 0 Å². The highest BCUT2D eigenvalue weighted by atomic mass is 79.9. The monoisotopic (exact) mass is 416 g/mol. The summed E-state index contributed by atoms with van der Waals surface area (Å²) in [6, 6.07) is 8.86. The second kappa shape index (κ2) is 7.57. The van der Waals surface area contributed by atoms with Crippen molar-refractivity contribution < 1.29 is 13.2 Å². The maximum Gasteiger partial charge on any atom is 0.250 e. The summed E-state index contributed by atoms with van der Waals surface area (Å²) in [5.41, 5.74) is 2.84. The van der Waals surface area contributed by atoms with Crippen LogP contribution in [0.2, 0.25) is 0 Å². The average Bonchev–Trinajstić information content (AvgIpc) is 2.91. The first kappa shape index (κ1) is 18.1. The molecule has 0 saturated heterocycles. The average molecular weight is 417 g/mol. The lowest BCUT2D eigenvalue weighted by Gasteiger charge is -2.10. The van der Waals surface area contributed by atoms with E-state index in [2.05, 4.69) is 26.0 Å². The van der Waals surface area contributed by atoms with Gasteiger partial charge in [-0.15, -0.1) is 11.3 Å². The topological polar surface area (TPSA) is 75.3 Å². The van der Waals surface area contributed by atoms with Crippen molar-refractivity contribution in [2.24, 2.45) is 0 Å². The molecule has 1 amide bonds. The van der Waals surface area contributed by atoms with E-state index in [1.54, 1.807) is 6.07 Å². The minimum atomic E-state index is -3.56. The molecule has 8 heteroatoms. The lowest BCUT2D eigenvalue weighted by molar-refractivity contribution is -0.116. The Kier molecular flexibility index (Phi) is 5.96. The summed E-state index contributed by atoms with van der Waals surface area (Å²) in [5.74, 6) is -0.228. The number of carbonyl (C=O) groups is 1. The summed E-state index contributed by atoms with van der Waals surface area (Å²) in [6.07, 6.45) is 0.0686. The molecule has 2 N–H and O–H groups in total. The van der Waals surface area contributed by atoms with Gasteiger partial charge in [-0.3, -0.25) is 4.79 Å². The number of thiophene rings is 1. The second-order valence-corrected chi connectivity index (χ2v) is 9.46. The molecule has 124 valence electrons. The summed E-state index contributed by atoms with van der Waals surface area (Å²) in [6.45, 7) is 3.95. The van der Waals surface area contributed by atoms with E-state index in [1.807, 2.05) is 32.0 Å². The molecule has 0 spiro atoms. The van der Waals surface area contributed by atoms with Gasteiger partial charge in [0.1, 0.15) is 4.21 Å². The third kappa shape index (κ3) is 4.87. The predicted molar refractivity (Wildman–Crippen MR) is 96.4 cm³/mol. The molecule has 0 atom stereocenters. The summed E-state index contributed by atoms with van der Waals surface area (Å²) in [4.78, 5) is 12.0. The van der Waals surface area contributed by atoms with E-state index in [4.69, 9.17) is 0 Å². The van der Waals surface area contributed by atoms with E-state index < -0.39 is 10.0 Å². The number of sulfonamides is 1. The van der Waals surface area contributed by atoms with Crippen molar-refractivity contribution in [3.63, 3.8) is 0 Å². The van der Waals surface area contributed by atoms with Gasteiger partial charge in [0.05, 0.1) is 3.79 Å². The quantitative estimate of drug-likeness (QED) is 0.756. The second-order valence-electron chi connectivity index (χ2n) is 5.00. The number of carbonyl (C=O) groups excluding carboxylic acids is 1. The number of nitrogens with one attached hydrogen (secondary N) is 2. The fourth-order valence-electron chi connectivity index (χ4n) is 1.91. The minimum Gasteiger partial charge on any atom is -0.326 e. The fraction of sp³-hybridized carbons (Fsp3) is 0.267. The van der Waals surface area contributed by atoms with Gasteiger partial charge >= 0.3 is 0 Å². The van der Waals surface area contributed by atoms with Crippen LogP contribution in [0, 0.1) is 13.8 Å². The maximum atomic E-state index is 12.0. The van der Waals surface area contributed by atoms with Crippen LogP contribution in [0.4, 0.5) is 5.69 Å². The molecule has 0 saturated carbocycles. The fourth-order valence-corrected chi connectivity index (χ4v) is 5.00. The molecule has 0 fully saturated rings. The molecule has 0 aliphatic rings. The van der Waals surface area contributed by atoms with E-state index in [0.717, 1.165) is 31.9 Å². The summed E-state index contributed by atoms with van der Waals surface area (Å²) in [5, 5.41) is 2.80. The number of halogens is 1. The van der Waals surface area contributed by atoms with Crippen molar-refractivity contribution in [3.8, 4) is 0 Å². The number of amides is 1. The standard InChI is InChI=1S/C15H17BrN2O3S2/c1-10-4-3-5-12(11(10)2)18-14(19)8-9-17-23(20,21)15-7-6-13(16)22-15/h3-7,17H,8-9H2,1-2H3,(H,18,19). The molecule has 0 bridgehead atoms. The van der Waals surface area contributed by atoms with Gasteiger partial charge in [-0.1, -0.05) is 12.1 Å². The van der Waals surface area contributed by atoms with Crippen LogP contribution in [-0.2, 0) is 14.8 Å². The molecule has 0 aliphatic heterocycles. The number of rotatable bonds is 6. The highest BCUT2D eigenvalue weighted by Gasteiger charge is 2.16. The minimum absolute atomic E-state index is 0.0501. The summed E-state index contributed by atoms with van der Waals surface area (Å²) < 4.78 is 27.5. The number of anilines is 1. The normalized spacial score (nSPS) is 11.4. The van der Waals surface area contributed by atoms with Gasteiger partial charge in [-0.25, -0.2) is 13.1 Å². The Morgan fingerprint density at radius 2 is 1.96 bits per heavy atom. The number of hydrogen-bond donors (Lipinski definition) is 2. The zero-order valence-electron chi connectivity index (χ0n) is 12.7. The van der Waals surface area contributed by atoms with Gasteiger partial charge in [0.15, 0.2) is 0 Å². The molecule has 0 radical (unpaired) electrons. The Labute approximate surface area is 148 Å². The van der Waals surface area contributed by atoms with Crippen LogP contribution in [0.15, 0.2) is 38.3 Å². The number of hydrogen-bond acceptors (Lipinski definition) is 4. The molecule has 0 aliphatic carbocycles. The van der Waals surface area contributed by atoms with Gasteiger partial charge in [0.2, 0.25) is 15.9 Å². The maximum absolute atomic E-state index is 12.0. The van der Waals surface area contributed by atoms with Crippen molar-refractivity contribution in [2.45, 2.75) is 24.5 Å². The van der Waals surface area contributed by atoms with Crippen LogP contribution in [0.25, 0.3) is 0 Å². The smallest absolute Gasteiger partial charge is 0.250 e. The third-order valence-corrected chi connectivity index (χ3v) is 6.91. The largest absolute Gasteiger partial charge is 0.326 e. The third-order valence-electron chi connectivity index (χ3n) is 3.34. The molecule has 1 aromatic heterocycles. The Morgan fingerprint density at radius 3 is 2.61 bits per heavy atom. The van der Waals surface area contributed by atoms with Crippen LogP contribution in [-0.4, -0.2) is 20.9 Å². The van der Waals surface area contributed by atoms with Crippen molar-refractivity contribution in [1.82, 2.24) is 4.72 Å². The van der Waals surface area contributed by atoms with Crippen molar-refractivity contribution in [1.29, 1.82) is 0 Å². The Hall–Kier alpha value is -1.22. The molecule has 0 unspecified atom stereocenters. The Bertz CT molecular complexity index is 816. The van der Waals surface area contributed by atoms with E-state index >= 15 is 0 Å². The van der Waals surface area contributed by atoms with Crippen LogP contribution in [0.5, 0.6) is 0 Å². The van der Waals surface area contributed by atoms with Gasteiger partial charge in [0, 0.05) is 18.7 Å².